The topological polar surface area (TPSA) is 63.4 Å². The predicted octanol–water partition coefficient (Wildman–Crippen LogP) is 2.55. The number of nitrogens with zero attached hydrogens (tertiary/aromatic N) is 1. The average Bonchev–Trinajstić information content (AvgIpc) is 2.77. The van der Waals surface area contributed by atoms with Gasteiger partial charge >= 0.3 is 0 Å². The zero-order valence-electron chi connectivity index (χ0n) is 11.7. The Morgan fingerprint density at radius 3 is 2.57 bits per heavy atom. The van der Waals surface area contributed by atoms with E-state index in [-0.39, 0.29) is 0 Å². The van der Waals surface area contributed by atoms with E-state index in [1.807, 2.05) is 36.0 Å². The molecule has 1 fully saturated rings. The van der Waals surface area contributed by atoms with Gasteiger partial charge in [-0.05, 0) is 24.3 Å². The molecule has 1 heterocycles. The van der Waals surface area contributed by atoms with Gasteiger partial charge in [0.1, 0.15) is 0 Å². The molecule has 0 bridgehead atoms. The lowest BCUT2D eigenvalue weighted by Crippen LogP contribution is -2.33. The lowest BCUT2D eigenvalue weighted by Gasteiger charge is -2.21. The van der Waals surface area contributed by atoms with Crippen molar-refractivity contribution in [3.63, 3.8) is 0 Å². The van der Waals surface area contributed by atoms with Gasteiger partial charge in [-0.15, -0.1) is 0 Å². The van der Waals surface area contributed by atoms with Gasteiger partial charge in [-0.2, -0.15) is 16.1 Å². The van der Waals surface area contributed by atoms with Crippen molar-refractivity contribution in [2.75, 3.05) is 30.3 Å². The van der Waals surface area contributed by atoms with Crippen LogP contribution >= 0.6 is 11.8 Å². The first kappa shape index (κ1) is 14.7. The molecule has 2 aromatic rings. The summed E-state index contributed by atoms with van der Waals surface area (Å²) in [7, 11) is -3.46. The van der Waals surface area contributed by atoms with E-state index in [1.54, 1.807) is 16.4 Å². The molecule has 0 unspecified atom stereocenters. The first-order chi connectivity index (χ1) is 10.1. The van der Waals surface area contributed by atoms with Crippen LogP contribution in [0.25, 0.3) is 10.8 Å². The zero-order valence-corrected chi connectivity index (χ0v) is 13.3. The van der Waals surface area contributed by atoms with Crippen LogP contribution in [0, 0.1) is 0 Å². The molecule has 0 atom stereocenters. The maximum atomic E-state index is 12.9. The van der Waals surface area contributed by atoms with Crippen molar-refractivity contribution >= 4 is 38.2 Å². The smallest absolute Gasteiger partial charge is 0.243 e. The van der Waals surface area contributed by atoms with Crippen molar-refractivity contribution in [3.05, 3.63) is 36.4 Å². The van der Waals surface area contributed by atoms with Gasteiger partial charge in [0.25, 0.3) is 0 Å². The summed E-state index contributed by atoms with van der Waals surface area (Å²) in [6.07, 6.45) is 0.900. The third-order valence-corrected chi connectivity index (χ3v) is 6.72. The molecule has 1 aliphatic heterocycles. The molecule has 0 amide bonds. The molecule has 4 nitrogen and oxygen atoms in total. The lowest BCUT2D eigenvalue weighted by atomic mass is 10.1. The van der Waals surface area contributed by atoms with Crippen molar-refractivity contribution in [2.45, 2.75) is 11.3 Å². The molecular weight excluding hydrogens is 304 g/mol. The van der Waals surface area contributed by atoms with Gasteiger partial charge in [0.15, 0.2) is 0 Å². The number of nitrogen functional groups attached to an aromatic ring is 1. The highest BCUT2D eigenvalue weighted by molar-refractivity contribution is 7.99. The molecular formula is C15H18N2O2S2. The third kappa shape index (κ3) is 2.75. The monoisotopic (exact) mass is 322 g/mol. The molecule has 2 aromatic carbocycles. The van der Waals surface area contributed by atoms with Gasteiger partial charge in [0.2, 0.25) is 10.0 Å². The SMILES string of the molecule is Nc1ccc(S(=O)(=O)N2CCCSCC2)c2ccccc12. The van der Waals surface area contributed by atoms with Crippen molar-refractivity contribution in [1.82, 2.24) is 4.31 Å². The maximum absolute atomic E-state index is 12.9. The first-order valence-electron chi connectivity index (χ1n) is 6.96. The van der Waals surface area contributed by atoms with Crippen LogP contribution in [0.15, 0.2) is 41.3 Å². The van der Waals surface area contributed by atoms with Crippen LogP contribution in [0.3, 0.4) is 0 Å². The molecule has 1 aliphatic rings. The fourth-order valence-electron chi connectivity index (χ4n) is 2.62. The Labute approximate surface area is 129 Å². The predicted molar refractivity (Wildman–Crippen MR) is 89.1 cm³/mol. The van der Waals surface area contributed by atoms with Crippen molar-refractivity contribution < 1.29 is 8.42 Å². The largest absolute Gasteiger partial charge is 0.398 e. The quantitative estimate of drug-likeness (QED) is 0.863. The van der Waals surface area contributed by atoms with E-state index in [1.165, 1.54) is 0 Å². The molecule has 0 saturated carbocycles. The van der Waals surface area contributed by atoms with Crippen molar-refractivity contribution in [1.29, 1.82) is 0 Å². The van der Waals surface area contributed by atoms with Crippen LogP contribution in [0.1, 0.15) is 6.42 Å². The van der Waals surface area contributed by atoms with Crippen molar-refractivity contribution in [2.24, 2.45) is 0 Å². The first-order valence-corrected chi connectivity index (χ1v) is 9.55. The van der Waals surface area contributed by atoms with Crippen LogP contribution in [0.4, 0.5) is 5.69 Å². The number of anilines is 1. The molecule has 0 spiro atoms. The molecule has 21 heavy (non-hydrogen) atoms. The van der Waals surface area contributed by atoms with Gasteiger partial charge in [-0.3, -0.25) is 0 Å². The van der Waals surface area contributed by atoms with E-state index in [0.717, 1.165) is 23.3 Å². The Balaban J connectivity index is 2.12. The van der Waals surface area contributed by atoms with Gasteiger partial charge in [0, 0.05) is 35.3 Å². The van der Waals surface area contributed by atoms with Crippen LogP contribution < -0.4 is 5.73 Å². The van der Waals surface area contributed by atoms with Crippen molar-refractivity contribution in [3.8, 4) is 0 Å². The van der Waals surface area contributed by atoms with Gasteiger partial charge < -0.3 is 5.73 Å². The summed E-state index contributed by atoms with van der Waals surface area (Å²) in [4.78, 5) is 0.360. The van der Waals surface area contributed by atoms with E-state index in [9.17, 15) is 8.42 Å². The van der Waals surface area contributed by atoms with Gasteiger partial charge in [-0.25, -0.2) is 8.42 Å². The Kier molecular flexibility index (Phi) is 4.10. The normalized spacial score (nSPS) is 17.7. The zero-order chi connectivity index (χ0) is 14.9. The number of thioether (sulfide) groups is 1. The standard InChI is InChI=1S/C15H18N2O2S2/c16-14-6-7-15(13-5-2-1-4-12(13)14)21(18,19)17-8-3-10-20-11-9-17/h1-2,4-7H,3,8-11,16H2. The number of hydrogen-bond acceptors (Lipinski definition) is 4. The van der Waals surface area contributed by atoms with E-state index < -0.39 is 10.0 Å². The molecule has 0 aliphatic carbocycles. The second kappa shape index (κ2) is 5.87. The van der Waals surface area contributed by atoms with E-state index in [0.29, 0.717) is 29.1 Å². The summed E-state index contributed by atoms with van der Waals surface area (Å²) < 4.78 is 27.5. The molecule has 3 rings (SSSR count). The maximum Gasteiger partial charge on any atom is 0.243 e. The average molecular weight is 322 g/mol. The van der Waals surface area contributed by atoms with Crippen LogP contribution in [-0.2, 0) is 10.0 Å². The molecule has 2 N–H and O–H groups in total. The number of fused-ring (bicyclic) bond motifs is 1. The number of rotatable bonds is 2. The second-order valence-corrected chi connectivity index (χ2v) is 8.20. The summed E-state index contributed by atoms with van der Waals surface area (Å²) in [6, 6.07) is 10.7. The Bertz CT molecular complexity index is 751. The summed E-state index contributed by atoms with van der Waals surface area (Å²) >= 11 is 1.81. The van der Waals surface area contributed by atoms with E-state index >= 15 is 0 Å². The number of sulfonamides is 1. The number of hydrogen-bond donors (Lipinski definition) is 1. The molecule has 0 radical (unpaired) electrons. The van der Waals surface area contributed by atoms with Crippen LogP contribution in [-0.4, -0.2) is 37.3 Å². The summed E-state index contributed by atoms with van der Waals surface area (Å²) in [6.45, 7) is 1.17. The van der Waals surface area contributed by atoms with E-state index in [4.69, 9.17) is 5.73 Å². The summed E-state index contributed by atoms with van der Waals surface area (Å²) in [5.74, 6) is 1.88. The summed E-state index contributed by atoms with van der Waals surface area (Å²) in [5, 5.41) is 1.50. The minimum Gasteiger partial charge on any atom is -0.398 e. The molecule has 1 saturated heterocycles. The summed E-state index contributed by atoms with van der Waals surface area (Å²) in [5.41, 5.74) is 6.57. The molecule has 112 valence electrons. The lowest BCUT2D eigenvalue weighted by molar-refractivity contribution is 0.435. The van der Waals surface area contributed by atoms with Crippen LogP contribution in [0.2, 0.25) is 0 Å². The van der Waals surface area contributed by atoms with Gasteiger partial charge in [0.05, 0.1) is 4.90 Å². The Hall–Kier alpha value is -1.24. The molecule has 0 aromatic heterocycles. The second-order valence-electron chi connectivity index (χ2n) is 5.07. The minimum absolute atomic E-state index is 0.360. The van der Waals surface area contributed by atoms with Crippen LogP contribution in [0.5, 0.6) is 0 Å². The fraction of sp³-hybridized carbons (Fsp3) is 0.333. The fourth-order valence-corrected chi connectivity index (χ4v) is 5.30. The highest BCUT2D eigenvalue weighted by Gasteiger charge is 2.27. The molecule has 6 heteroatoms. The van der Waals surface area contributed by atoms with E-state index in [2.05, 4.69) is 0 Å². The van der Waals surface area contributed by atoms with Gasteiger partial charge in [-0.1, -0.05) is 24.3 Å². The Morgan fingerprint density at radius 1 is 1.00 bits per heavy atom. The highest BCUT2D eigenvalue weighted by Crippen LogP contribution is 2.30. The number of nitrogens with two attached hydrogens (primary N) is 1. The third-order valence-electron chi connectivity index (χ3n) is 3.72. The minimum atomic E-state index is -3.46. The Morgan fingerprint density at radius 2 is 1.76 bits per heavy atom. The number of benzene rings is 2. The highest BCUT2D eigenvalue weighted by atomic mass is 32.2.